The van der Waals surface area contributed by atoms with Crippen LogP contribution in [0.25, 0.3) is 0 Å². The van der Waals surface area contributed by atoms with Crippen LogP contribution in [0, 0.1) is 6.92 Å². The van der Waals surface area contributed by atoms with Gasteiger partial charge in [0.25, 0.3) is 5.91 Å². The number of amides is 1. The maximum Gasteiger partial charge on any atom is 0.277 e. The van der Waals surface area contributed by atoms with Gasteiger partial charge in [-0.2, -0.15) is 5.10 Å². The lowest BCUT2D eigenvalue weighted by atomic mass is 10.2. The number of nitrogens with zero attached hydrogens (tertiary/aromatic N) is 1. The van der Waals surface area contributed by atoms with Gasteiger partial charge in [-0.1, -0.05) is 48.0 Å². The fourth-order valence-corrected chi connectivity index (χ4v) is 2.61. The van der Waals surface area contributed by atoms with Gasteiger partial charge in [0.1, 0.15) is 12.4 Å². The fraction of sp³-hybridized carbons (Fsp3) is 0.167. The largest absolute Gasteiger partial charge is 0.493 e. The average molecular weight is 404 g/mol. The Bertz CT molecular complexity index is 986. The second-order valence-corrected chi connectivity index (χ2v) is 6.58. The molecular formula is C24H24N2O4. The molecule has 0 aromatic heterocycles. The lowest BCUT2D eigenvalue weighted by Crippen LogP contribution is -2.24. The normalized spacial score (nSPS) is 10.6. The van der Waals surface area contributed by atoms with Crippen LogP contribution >= 0.6 is 0 Å². The summed E-state index contributed by atoms with van der Waals surface area (Å²) < 4.78 is 16.7. The van der Waals surface area contributed by atoms with Crippen LogP contribution in [-0.4, -0.2) is 25.8 Å². The molecule has 30 heavy (non-hydrogen) atoms. The van der Waals surface area contributed by atoms with Gasteiger partial charge in [0.05, 0.1) is 13.3 Å². The first-order valence-electron chi connectivity index (χ1n) is 9.50. The zero-order valence-electron chi connectivity index (χ0n) is 17.0. The summed E-state index contributed by atoms with van der Waals surface area (Å²) in [5.41, 5.74) is 5.41. The van der Waals surface area contributed by atoms with E-state index in [9.17, 15) is 4.79 Å². The van der Waals surface area contributed by atoms with Gasteiger partial charge in [0.2, 0.25) is 0 Å². The number of hydrazone groups is 1. The molecule has 0 fully saturated rings. The highest BCUT2D eigenvalue weighted by Gasteiger charge is 2.06. The highest BCUT2D eigenvalue weighted by Crippen LogP contribution is 2.28. The quantitative estimate of drug-likeness (QED) is 0.430. The van der Waals surface area contributed by atoms with E-state index in [1.165, 1.54) is 6.21 Å². The summed E-state index contributed by atoms with van der Waals surface area (Å²) in [6.07, 6.45) is 1.53. The van der Waals surface area contributed by atoms with E-state index >= 15 is 0 Å². The van der Waals surface area contributed by atoms with E-state index in [1.54, 1.807) is 13.2 Å². The third-order valence-corrected chi connectivity index (χ3v) is 4.22. The summed E-state index contributed by atoms with van der Waals surface area (Å²) in [5.74, 6) is 1.51. The first-order chi connectivity index (χ1) is 14.6. The van der Waals surface area contributed by atoms with Crippen LogP contribution in [0.2, 0.25) is 0 Å². The standard InChI is InChI=1S/C24H24N2O4/c1-18-8-11-21(12-9-18)29-17-24(27)26-25-15-20-10-13-22(23(14-20)28-2)30-16-19-6-4-3-5-7-19/h3-15H,16-17H2,1-2H3,(H,26,27)/b25-15-. The molecule has 0 bridgehead atoms. The molecule has 3 rings (SSSR count). The number of methoxy groups -OCH3 is 1. The van der Waals surface area contributed by atoms with Crippen LogP contribution in [0.1, 0.15) is 16.7 Å². The van der Waals surface area contributed by atoms with Gasteiger partial charge in [-0.25, -0.2) is 5.43 Å². The highest BCUT2D eigenvalue weighted by atomic mass is 16.5. The number of hydrogen-bond donors (Lipinski definition) is 1. The number of carbonyl (C=O) groups excluding carboxylic acids is 1. The maximum atomic E-state index is 11.9. The van der Waals surface area contributed by atoms with Gasteiger partial charge < -0.3 is 14.2 Å². The number of ether oxygens (including phenoxy) is 3. The molecule has 0 saturated carbocycles. The van der Waals surface area contributed by atoms with Crippen molar-refractivity contribution in [2.45, 2.75) is 13.5 Å². The zero-order valence-corrected chi connectivity index (χ0v) is 17.0. The van der Waals surface area contributed by atoms with Crippen molar-refractivity contribution in [1.82, 2.24) is 5.43 Å². The maximum absolute atomic E-state index is 11.9. The first kappa shape index (κ1) is 20.9. The van der Waals surface area contributed by atoms with Crippen molar-refractivity contribution in [3.8, 4) is 17.2 Å². The van der Waals surface area contributed by atoms with E-state index < -0.39 is 0 Å². The minimum Gasteiger partial charge on any atom is -0.493 e. The molecule has 0 saturated heterocycles. The summed E-state index contributed by atoms with van der Waals surface area (Å²) in [6, 6.07) is 22.8. The molecule has 3 aromatic rings. The summed E-state index contributed by atoms with van der Waals surface area (Å²) in [6.45, 7) is 2.32. The van der Waals surface area contributed by atoms with Crippen LogP contribution in [0.4, 0.5) is 0 Å². The molecule has 0 spiro atoms. The Morgan fingerprint density at radius 3 is 2.47 bits per heavy atom. The van der Waals surface area contributed by atoms with Crippen LogP contribution in [-0.2, 0) is 11.4 Å². The Hall–Kier alpha value is -3.80. The molecule has 0 heterocycles. The van der Waals surface area contributed by atoms with E-state index in [0.29, 0.717) is 23.9 Å². The van der Waals surface area contributed by atoms with Crippen molar-refractivity contribution >= 4 is 12.1 Å². The Labute approximate surface area is 176 Å². The van der Waals surface area contributed by atoms with Gasteiger partial charge in [-0.05, 0) is 48.4 Å². The number of aryl methyl sites for hydroxylation is 1. The summed E-state index contributed by atoms with van der Waals surface area (Å²) in [7, 11) is 1.58. The van der Waals surface area contributed by atoms with Gasteiger partial charge in [-0.15, -0.1) is 0 Å². The summed E-state index contributed by atoms with van der Waals surface area (Å²) in [5, 5.41) is 3.97. The Morgan fingerprint density at radius 1 is 0.967 bits per heavy atom. The van der Waals surface area contributed by atoms with E-state index in [-0.39, 0.29) is 12.5 Å². The fourth-order valence-electron chi connectivity index (χ4n) is 2.61. The van der Waals surface area contributed by atoms with E-state index in [1.807, 2.05) is 73.7 Å². The number of rotatable bonds is 9. The third-order valence-electron chi connectivity index (χ3n) is 4.22. The summed E-state index contributed by atoms with van der Waals surface area (Å²) in [4.78, 5) is 11.9. The van der Waals surface area contributed by atoms with Crippen molar-refractivity contribution in [2.24, 2.45) is 5.10 Å². The molecule has 6 nitrogen and oxygen atoms in total. The minimum absolute atomic E-state index is 0.115. The molecular weight excluding hydrogens is 380 g/mol. The third kappa shape index (κ3) is 6.38. The second kappa shape index (κ2) is 10.7. The van der Waals surface area contributed by atoms with Crippen molar-refractivity contribution in [3.05, 3.63) is 89.5 Å². The van der Waals surface area contributed by atoms with E-state index in [4.69, 9.17) is 14.2 Å². The monoisotopic (exact) mass is 404 g/mol. The van der Waals surface area contributed by atoms with E-state index in [0.717, 1.165) is 16.7 Å². The van der Waals surface area contributed by atoms with Crippen molar-refractivity contribution in [1.29, 1.82) is 0 Å². The molecule has 0 radical (unpaired) electrons. The number of carbonyl (C=O) groups is 1. The van der Waals surface area contributed by atoms with Gasteiger partial charge >= 0.3 is 0 Å². The molecule has 0 aliphatic heterocycles. The Morgan fingerprint density at radius 2 is 1.73 bits per heavy atom. The SMILES string of the molecule is COc1cc(/C=N\NC(=O)COc2ccc(C)cc2)ccc1OCc1ccccc1. The summed E-state index contributed by atoms with van der Waals surface area (Å²) >= 11 is 0. The molecule has 0 atom stereocenters. The van der Waals surface area contributed by atoms with Crippen LogP contribution in [0.3, 0.4) is 0 Å². The molecule has 3 aromatic carbocycles. The Balaban J connectivity index is 1.50. The van der Waals surface area contributed by atoms with Gasteiger partial charge in [-0.3, -0.25) is 4.79 Å². The molecule has 1 amide bonds. The lowest BCUT2D eigenvalue weighted by Gasteiger charge is -2.11. The zero-order chi connectivity index (χ0) is 21.2. The molecule has 0 aliphatic carbocycles. The van der Waals surface area contributed by atoms with Crippen LogP contribution in [0.5, 0.6) is 17.2 Å². The van der Waals surface area contributed by atoms with E-state index in [2.05, 4.69) is 10.5 Å². The van der Waals surface area contributed by atoms with Crippen molar-refractivity contribution in [3.63, 3.8) is 0 Å². The van der Waals surface area contributed by atoms with Crippen molar-refractivity contribution < 1.29 is 19.0 Å². The number of hydrogen-bond acceptors (Lipinski definition) is 5. The molecule has 6 heteroatoms. The Kier molecular flexibility index (Phi) is 7.44. The average Bonchev–Trinajstić information content (AvgIpc) is 2.78. The first-order valence-corrected chi connectivity index (χ1v) is 9.50. The highest BCUT2D eigenvalue weighted by molar-refractivity contribution is 5.83. The minimum atomic E-state index is -0.346. The molecule has 154 valence electrons. The predicted octanol–water partition coefficient (Wildman–Crippen LogP) is 4.11. The van der Waals surface area contributed by atoms with Crippen LogP contribution in [0.15, 0.2) is 77.9 Å². The smallest absolute Gasteiger partial charge is 0.277 e. The number of nitrogens with one attached hydrogen (secondary N) is 1. The predicted molar refractivity (Wildman–Crippen MR) is 116 cm³/mol. The van der Waals surface area contributed by atoms with Gasteiger partial charge in [0.15, 0.2) is 18.1 Å². The van der Waals surface area contributed by atoms with Crippen LogP contribution < -0.4 is 19.6 Å². The second-order valence-electron chi connectivity index (χ2n) is 6.58. The molecule has 0 unspecified atom stereocenters. The molecule has 0 aliphatic rings. The van der Waals surface area contributed by atoms with Gasteiger partial charge in [0, 0.05) is 0 Å². The van der Waals surface area contributed by atoms with Crippen molar-refractivity contribution in [2.75, 3.05) is 13.7 Å². The number of benzene rings is 3. The lowest BCUT2D eigenvalue weighted by molar-refractivity contribution is -0.123. The topological polar surface area (TPSA) is 69.2 Å². The molecule has 1 N–H and O–H groups in total.